The van der Waals surface area contributed by atoms with Crippen molar-refractivity contribution in [3.05, 3.63) is 74.0 Å². The largest absolute Gasteiger partial charge is 0.419 e. The molecule has 1 saturated carbocycles. The first-order chi connectivity index (χ1) is 14.4. The van der Waals surface area contributed by atoms with Crippen LogP contribution >= 0.6 is 11.6 Å². The fourth-order valence-electron chi connectivity index (χ4n) is 3.00. The number of carbonyl (C=O) groups is 1. The Morgan fingerprint density at radius 3 is 2.73 bits per heavy atom. The average Bonchev–Trinajstić information content (AvgIpc) is 3.46. The molecule has 2 heterocycles. The molecule has 1 amide bonds. The summed E-state index contributed by atoms with van der Waals surface area (Å²) in [5.41, 5.74) is -0.171. The number of benzene rings is 1. The quantitative estimate of drug-likeness (QED) is 0.417. The lowest BCUT2D eigenvalue weighted by atomic mass is 10.2. The predicted molar refractivity (Wildman–Crippen MR) is 106 cm³/mol. The second-order valence-electron chi connectivity index (χ2n) is 6.84. The minimum Gasteiger partial charge on any atom is -0.419 e. The van der Waals surface area contributed by atoms with E-state index >= 15 is 0 Å². The van der Waals surface area contributed by atoms with Crippen molar-refractivity contribution in [3.63, 3.8) is 0 Å². The van der Waals surface area contributed by atoms with Crippen LogP contribution in [0.15, 0.2) is 51.8 Å². The molecular formula is C19H16ClN5O5. The van der Waals surface area contributed by atoms with Gasteiger partial charge in [-0.15, -0.1) is 10.2 Å². The van der Waals surface area contributed by atoms with E-state index in [1.165, 1.54) is 0 Å². The van der Waals surface area contributed by atoms with E-state index in [1.54, 1.807) is 29.2 Å². The zero-order valence-electron chi connectivity index (χ0n) is 15.6. The number of rotatable bonds is 7. The molecule has 0 atom stereocenters. The molecule has 1 aliphatic rings. The summed E-state index contributed by atoms with van der Waals surface area (Å²) >= 11 is 6.15. The molecule has 10 nitrogen and oxygen atoms in total. The summed E-state index contributed by atoms with van der Waals surface area (Å²) in [5, 5.41) is 19.4. The molecule has 11 heteroatoms. The van der Waals surface area contributed by atoms with Gasteiger partial charge < -0.3 is 9.32 Å². The Bertz CT molecular complexity index is 1170. The van der Waals surface area contributed by atoms with E-state index in [0.29, 0.717) is 10.6 Å². The van der Waals surface area contributed by atoms with Gasteiger partial charge in [0, 0.05) is 18.2 Å². The van der Waals surface area contributed by atoms with Crippen molar-refractivity contribution < 1.29 is 14.1 Å². The maximum atomic E-state index is 12.8. The average molecular weight is 430 g/mol. The molecule has 0 spiro atoms. The lowest BCUT2D eigenvalue weighted by Gasteiger charge is -2.21. The highest BCUT2D eigenvalue weighted by Crippen LogP contribution is 2.30. The number of aromatic nitrogens is 3. The highest BCUT2D eigenvalue weighted by atomic mass is 35.5. The summed E-state index contributed by atoms with van der Waals surface area (Å²) in [6.45, 7) is -0.243. The van der Waals surface area contributed by atoms with Gasteiger partial charge in [-0.3, -0.25) is 24.3 Å². The highest BCUT2D eigenvalue weighted by molar-refractivity contribution is 6.33. The van der Waals surface area contributed by atoms with Gasteiger partial charge in [-0.1, -0.05) is 23.7 Å². The Balaban J connectivity index is 1.52. The van der Waals surface area contributed by atoms with E-state index in [9.17, 15) is 19.7 Å². The Labute approximate surface area is 174 Å². The Morgan fingerprint density at radius 1 is 1.27 bits per heavy atom. The molecule has 0 bridgehead atoms. The molecule has 3 aromatic rings. The molecule has 0 aliphatic heterocycles. The van der Waals surface area contributed by atoms with Crippen LogP contribution in [0.4, 0.5) is 5.69 Å². The smallest absolute Gasteiger partial charge is 0.285 e. The van der Waals surface area contributed by atoms with Crippen LogP contribution in [0.25, 0.3) is 11.5 Å². The van der Waals surface area contributed by atoms with Gasteiger partial charge in [0.25, 0.3) is 11.2 Å². The molecule has 0 saturated heterocycles. The summed E-state index contributed by atoms with van der Waals surface area (Å²) in [4.78, 5) is 36.7. The first-order valence-corrected chi connectivity index (χ1v) is 9.52. The van der Waals surface area contributed by atoms with Gasteiger partial charge in [0.15, 0.2) is 0 Å². The van der Waals surface area contributed by atoms with E-state index in [-0.39, 0.29) is 42.5 Å². The number of hydrogen-bond acceptors (Lipinski definition) is 7. The van der Waals surface area contributed by atoms with E-state index < -0.39 is 10.5 Å². The van der Waals surface area contributed by atoms with Crippen molar-refractivity contribution in [2.75, 3.05) is 0 Å². The van der Waals surface area contributed by atoms with Gasteiger partial charge >= 0.3 is 0 Å². The van der Waals surface area contributed by atoms with Crippen LogP contribution in [-0.2, 0) is 17.9 Å². The first kappa shape index (κ1) is 19.8. The third-order valence-electron chi connectivity index (χ3n) is 4.67. The van der Waals surface area contributed by atoms with Crippen LogP contribution in [0, 0.1) is 10.1 Å². The number of pyridine rings is 1. The van der Waals surface area contributed by atoms with Gasteiger partial charge in [0.05, 0.1) is 28.3 Å². The minimum absolute atomic E-state index is 0.00237. The lowest BCUT2D eigenvalue weighted by molar-refractivity contribution is -0.385. The van der Waals surface area contributed by atoms with E-state index in [0.717, 1.165) is 35.7 Å². The molecule has 2 aromatic heterocycles. The summed E-state index contributed by atoms with van der Waals surface area (Å²) in [6, 6.07) is 9.21. The van der Waals surface area contributed by atoms with Gasteiger partial charge in [-0.2, -0.15) is 0 Å². The third-order valence-corrected chi connectivity index (χ3v) is 5.00. The molecule has 154 valence electrons. The van der Waals surface area contributed by atoms with Crippen molar-refractivity contribution in [3.8, 4) is 11.5 Å². The van der Waals surface area contributed by atoms with Crippen LogP contribution in [0.5, 0.6) is 0 Å². The van der Waals surface area contributed by atoms with Crippen LogP contribution < -0.4 is 5.56 Å². The highest BCUT2D eigenvalue weighted by Gasteiger charge is 2.34. The van der Waals surface area contributed by atoms with E-state index in [2.05, 4.69) is 10.2 Å². The number of hydrogen-bond donors (Lipinski definition) is 0. The van der Waals surface area contributed by atoms with Crippen molar-refractivity contribution >= 4 is 23.2 Å². The van der Waals surface area contributed by atoms with Gasteiger partial charge in [0.2, 0.25) is 17.7 Å². The lowest BCUT2D eigenvalue weighted by Crippen LogP contribution is -2.37. The van der Waals surface area contributed by atoms with Gasteiger partial charge in [-0.05, 0) is 25.0 Å². The molecule has 0 unspecified atom stereocenters. The molecular weight excluding hydrogens is 414 g/mol. The monoisotopic (exact) mass is 429 g/mol. The Morgan fingerprint density at radius 2 is 2.03 bits per heavy atom. The maximum absolute atomic E-state index is 12.8. The zero-order chi connectivity index (χ0) is 21.3. The molecule has 4 rings (SSSR count). The Kier molecular flexibility index (Phi) is 5.32. The van der Waals surface area contributed by atoms with Crippen molar-refractivity contribution in [1.82, 2.24) is 19.7 Å². The van der Waals surface area contributed by atoms with E-state index in [4.69, 9.17) is 16.0 Å². The Hall–Kier alpha value is -3.53. The van der Waals surface area contributed by atoms with Crippen LogP contribution in [0.1, 0.15) is 18.7 Å². The second-order valence-corrected chi connectivity index (χ2v) is 7.25. The number of amides is 1. The van der Waals surface area contributed by atoms with E-state index in [1.807, 2.05) is 0 Å². The number of nitro groups is 1. The zero-order valence-corrected chi connectivity index (χ0v) is 16.4. The second kappa shape index (κ2) is 8.07. The summed E-state index contributed by atoms with van der Waals surface area (Å²) in [7, 11) is 0. The molecule has 1 aromatic carbocycles. The van der Waals surface area contributed by atoms with Crippen LogP contribution in [-0.4, -0.2) is 36.5 Å². The SMILES string of the molecule is O=C(Cn1cc([N+](=O)[O-])ccc1=O)N(Cc1nnc(-c2ccccc2Cl)o1)C1CC1. The fourth-order valence-corrected chi connectivity index (χ4v) is 3.22. The molecule has 0 radical (unpaired) electrons. The first-order valence-electron chi connectivity index (χ1n) is 9.14. The summed E-state index contributed by atoms with van der Waals surface area (Å²) < 4.78 is 6.70. The fraction of sp³-hybridized carbons (Fsp3) is 0.263. The number of nitrogens with zero attached hydrogens (tertiary/aromatic N) is 5. The van der Waals surface area contributed by atoms with Gasteiger partial charge in [0.1, 0.15) is 6.54 Å². The maximum Gasteiger partial charge on any atom is 0.285 e. The molecule has 1 fully saturated rings. The normalized spacial score (nSPS) is 13.2. The van der Waals surface area contributed by atoms with Crippen LogP contribution in [0.3, 0.4) is 0 Å². The topological polar surface area (TPSA) is 124 Å². The van der Waals surface area contributed by atoms with Crippen molar-refractivity contribution in [2.24, 2.45) is 0 Å². The standard InChI is InChI=1S/C19H16ClN5O5/c20-15-4-2-1-3-14(15)19-22-21-16(30-19)10-24(12-5-6-12)18(27)11-23-9-13(25(28)29)7-8-17(23)26/h1-4,7-9,12H,5-6,10-11H2. The van der Waals surface area contributed by atoms with Crippen molar-refractivity contribution in [2.45, 2.75) is 32.0 Å². The minimum atomic E-state index is -0.617. The van der Waals surface area contributed by atoms with Gasteiger partial charge in [-0.25, -0.2) is 0 Å². The molecule has 0 N–H and O–H groups in total. The number of halogens is 1. The number of carbonyl (C=O) groups excluding carboxylic acids is 1. The van der Waals surface area contributed by atoms with Crippen molar-refractivity contribution in [1.29, 1.82) is 0 Å². The molecule has 1 aliphatic carbocycles. The molecule has 30 heavy (non-hydrogen) atoms. The van der Waals surface area contributed by atoms with Crippen LogP contribution in [0.2, 0.25) is 5.02 Å². The summed E-state index contributed by atoms with van der Waals surface area (Å²) in [6.07, 6.45) is 2.70. The predicted octanol–water partition coefficient (Wildman–Crippen LogP) is 2.65. The third kappa shape index (κ3) is 4.23. The summed E-state index contributed by atoms with van der Waals surface area (Å²) in [5.74, 6) is 0.114.